The fourth-order valence-corrected chi connectivity index (χ4v) is 1.52. The molecule has 0 radical (unpaired) electrons. The van der Waals surface area contributed by atoms with Crippen LogP contribution in [-0.2, 0) is 4.79 Å². The van der Waals surface area contributed by atoms with E-state index in [0.717, 1.165) is 0 Å². The molecule has 1 aliphatic heterocycles. The summed E-state index contributed by atoms with van der Waals surface area (Å²) in [6.07, 6.45) is -0.0272. The van der Waals surface area contributed by atoms with Crippen LogP contribution in [-0.4, -0.2) is 42.9 Å². The molecule has 1 aliphatic rings. The fraction of sp³-hybridized carbons (Fsp3) is 0.889. The van der Waals surface area contributed by atoms with Gasteiger partial charge in [0.2, 0.25) is 0 Å². The second-order valence-corrected chi connectivity index (χ2v) is 3.50. The standard InChI is InChI=1S/C9H16F2N2O/c1-2-3-9(10,11)8(14)13-6-4-12-5-7-13/h12H,2-7H2,1H3. The number of carbonyl (C=O) groups excluding carboxylic acids is 1. The zero-order valence-corrected chi connectivity index (χ0v) is 8.35. The lowest BCUT2D eigenvalue weighted by Gasteiger charge is -2.30. The first-order valence-electron chi connectivity index (χ1n) is 4.96. The van der Waals surface area contributed by atoms with Gasteiger partial charge in [-0.25, -0.2) is 0 Å². The number of hydrogen-bond donors (Lipinski definition) is 1. The van der Waals surface area contributed by atoms with E-state index in [4.69, 9.17) is 0 Å². The number of alkyl halides is 2. The molecular formula is C9H16F2N2O. The van der Waals surface area contributed by atoms with Gasteiger partial charge in [0.1, 0.15) is 0 Å². The van der Waals surface area contributed by atoms with Gasteiger partial charge in [-0.3, -0.25) is 4.79 Å². The number of nitrogens with zero attached hydrogens (tertiary/aromatic N) is 1. The average Bonchev–Trinajstić information content (AvgIpc) is 2.18. The minimum absolute atomic E-state index is 0.324. The molecule has 1 N–H and O–H groups in total. The van der Waals surface area contributed by atoms with E-state index in [9.17, 15) is 13.6 Å². The van der Waals surface area contributed by atoms with Crippen molar-refractivity contribution in [1.82, 2.24) is 10.2 Å². The van der Waals surface area contributed by atoms with Crippen LogP contribution >= 0.6 is 0 Å². The van der Waals surface area contributed by atoms with E-state index in [-0.39, 0.29) is 6.42 Å². The normalized spacial score (nSPS) is 18.4. The molecule has 3 nitrogen and oxygen atoms in total. The van der Waals surface area contributed by atoms with E-state index in [1.54, 1.807) is 6.92 Å². The Morgan fingerprint density at radius 1 is 1.43 bits per heavy atom. The Balaban J connectivity index is 2.53. The van der Waals surface area contributed by atoms with E-state index in [1.165, 1.54) is 4.90 Å². The first kappa shape index (κ1) is 11.4. The molecule has 1 rings (SSSR count). The number of carbonyl (C=O) groups is 1. The van der Waals surface area contributed by atoms with Crippen LogP contribution in [0.3, 0.4) is 0 Å². The lowest BCUT2D eigenvalue weighted by molar-refractivity contribution is -0.159. The Hall–Kier alpha value is -0.710. The highest BCUT2D eigenvalue weighted by Gasteiger charge is 2.40. The van der Waals surface area contributed by atoms with Crippen LogP contribution in [0.2, 0.25) is 0 Å². The van der Waals surface area contributed by atoms with Gasteiger partial charge in [-0.05, 0) is 6.42 Å². The maximum Gasteiger partial charge on any atom is 0.324 e. The van der Waals surface area contributed by atoms with Crippen molar-refractivity contribution in [3.8, 4) is 0 Å². The lowest BCUT2D eigenvalue weighted by atomic mass is 10.1. The van der Waals surface area contributed by atoms with Gasteiger partial charge in [0.25, 0.3) is 5.91 Å². The third-order valence-corrected chi connectivity index (χ3v) is 2.28. The Bertz CT molecular complexity index is 203. The Morgan fingerprint density at radius 3 is 2.50 bits per heavy atom. The van der Waals surface area contributed by atoms with Gasteiger partial charge in [-0.1, -0.05) is 6.92 Å². The highest BCUT2D eigenvalue weighted by molar-refractivity contribution is 5.83. The molecule has 0 unspecified atom stereocenters. The van der Waals surface area contributed by atoms with Crippen molar-refractivity contribution in [3.63, 3.8) is 0 Å². The molecule has 1 heterocycles. The predicted molar refractivity (Wildman–Crippen MR) is 49.3 cm³/mol. The first-order valence-corrected chi connectivity index (χ1v) is 4.96. The molecule has 0 saturated carbocycles. The van der Waals surface area contributed by atoms with Crippen molar-refractivity contribution < 1.29 is 13.6 Å². The monoisotopic (exact) mass is 206 g/mol. The van der Waals surface area contributed by atoms with Crippen molar-refractivity contribution in [2.24, 2.45) is 0 Å². The van der Waals surface area contributed by atoms with Gasteiger partial charge in [-0.2, -0.15) is 8.78 Å². The van der Waals surface area contributed by atoms with Crippen LogP contribution < -0.4 is 5.32 Å². The van der Waals surface area contributed by atoms with E-state index in [1.807, 2.05) is 0 Å². The van der Waals surface area contributed by atoms with Gasteiger partial charge in [-0.15, -0.1) is 0 Å². The number of amides is 1. The predicted octanol–water partition coefficient (Wildman–Crippen LogP) is 0.854. The van der Waals surface area contributed by atoms with Crippen molar-refractivity contribution in [2.45, 2.75) is 25.7 Å². The minimum atomic E-state index is -3.17. The molecular weight excluding hydrogens is 190 g/mol. The highest BCUT2D eigenvalue weighted by Crippen LogP contribution is 2.23. The molecule has 14 heavy (non-hydrogen) atoms. The number of rotatable bonds is 3. The molecule has 5 heteroatoms. The number of hydrogen-bond acceptors (Lipinski definition) is 2. The molecule has 0 bridgehead atoms. The maximum absolute atomic E-state index is 13.2. The largest absolute Gasteiger partial charge is 0.335 e. The molecule has 0 aromatic carbocycles. The van der Waals surface area contributed by atoms with Gasteiger partial charge >= 0.3 is 5.92 Å². The minimum Gasteiger partial charge on any atom is -0.335 e. The van der Waals surface area contributed by atoms with E-state index in [2.05, 4.69) is 5.32 Å². The maximum atomic E-state index is 13.2. The Labute approximate surface area is 82.5 Å². The van der Waals surface area contributed by atoms with Crippen molar-refractivity contribution in [3.05, 3.63) is 0 Å². The third kappa shape index (κ3) is 2.64. The summed E-state index contributed by atoms with van der Waals surface area (Å²) in [5, 5.41) is 3.01. The van der Waals surface area contributed by atoms with Gasteiger partial charge < -0.3 is 10.2 Å². The first-order chi connectivity index (χ1) is 6.58. The van der Waals surface area contributed by atoms with Crippen LogP contribution in [0.5, 0.6) is 0 Å². The smallest absolute Gasteiger partial charge is 0.324 e. The van der Waals surface area contributed by atoms with E-state index >= 15 is 0 Å². The van der Waals surface area contributed by atoms with Crippen molar-refractivity contribution in [2.75, 3.05) is 26.2 Å². The summed E-state index contributed by atoms with van der Waals surface area (Å²) in [5.74, 6) is -4.19. The second-order valence-electron chi connectivity index (χ2n) is 3.50. The van der Waals surface area contributed by atoms with Crippen LogP contribution in [0.25, 0.3) is 0 Å². The van der Waals surface area contributed by atoms with E-state index < -0.39 is 11.8 Å². The molecule has 0 spiro atoms. The van der Waals surface area contributed by atoms with Gasteiger partial charge in [0.15, 0.2) is 0 Å². The molecule has 1 saturated heterocycles. The van der Waals surface area contributed by atoms with Crippen molar-refractivity contribution in [1.29, 1.82) is 0 Å². The molecule has 0 aliphatic carbocycles. The summed E-state index contributed by atoms with van der Waals surface area (Å²) in [6, 6.07) is 0. The summed E-state index contributed by atoms with van der Waals surface area (Å²) in [7, 11) is 0. The number of nitrogens with one attached hydrogen (secondary N) is 1. The fourth-order valence-electron chi connectivity index (χ4n) is 1.52. The second kappa shape index (κ2) is 4.68. The Morgan fingerprint density at radius 2 is 2.00 bits per heavy atom. The molecule has 82 valence electrons. The van der Waals surface area contributed by atoms with Crippen LogP contribution in [0.1, 0.15) is 19.8 Å². The average molecular weight is 206 g/mol. The quantitative estimate of drug-likeness (QED) is 0.742. The topological polar surface area (TPSA) is 32.3 Å². The van der Waals surface area contributed by atoms with Crippen LogP contribution in [0.15, 0.2) is 0 Å². The SMILES string of the molecule is CCCC(F)(F)C(=O)N1CCNCC1. The summed E-state index contributed by atoms with van der Waals surface area (Å²) >= 11 is 0. The summed E-state index contributed by atoms with van der Waals surface area (Å²) < 4.78 is 26.4. The molecule has 1 amide bonds. The molecule has 1 fully saturated rings. The summed E-state index contributed by atoms with van der Waals surface area (Å²) in [5.41, 5.74) is 0. The molecule has 0 aromatic heterocycles. The zero-order valence-electron chi connectivity index (χ0n) is 8.35. The lowest BCUT2D eigenvalue weighted by Crippen LogP contribution is -2.51. The molecule has 0 aromatic rings. The summed E-state index contributed by atoms with van der Waals surface area (Å²) in [4.78, 5) is 12.6. The van der Waals surface area contributed by atoms with Crippen LogP contribution in [0, 0.1) is 0 Å². The van der Waals surface area contributed by atoms with Gasteiger partial charge in [0, 0.05) is 32.6 Å². The Kier molecular flexibility index (Phi) is 3.80. The summed E-state index contributed by atoms with van der Waals surface area (Å²) in [6.45, 7) is 3.64. The zero-order chi connectivity index (χ0) is 10.6. The van der Waals surface area contributed by atoms with Gasteiger partial charge in [0.05, 0.1) is 0 Å². The number of piperazine rings is 1. The third-order valence-electron chi connectivity index (χ3n) is 2.28. The van der Waals surface area contributed by atoms with Crippen LogP contribution in [0.4, 0.5) is 8.78 Å². The molecule has 0 atom stereocenters. The highest BCUT2D eigenvalue weighted by atomic mass is 19.3. The van der Waals surface area contributed by atoms with Crippen molar-refractivity contribution >= 4 is 5.91 Å². The number of halogens is 2. The van der Waals surface area contributed by atoms with E-state index in [0.29, 0.717) is 32.6 Å².